The molecule has 7 heteroatoms. The number of Topliss-reactive ketones (excluding diaryl/α,β-unsaturated/α-hetero) is 1. The van der Waals surface area contributed by atoms with Gasteiger partial charge in [-0.25, -0.2) is 9.97 Å². The van der Waals surface area contributed by atoms with Crippen molar-refractivity contribution >= 4 is 39.1 Å². The van der Waals surface area contributed by atoms with Crippen LogP contribution in [-0.4, -0.2) is 52.7 Å². The quantitative estimate of drug-likeness (QED) is 0.472. The molecule has 1 aromatic carbocycles. The van der Waals surface area contributed by atoms with Gasteiger partial charge in [-0.15, -0.1) is 11.3 Å². The van der Waals surface area contributed by atoms with Crippen molar-refractivity contribution in [2.24, 2.45) is 0 Å². The van der Waals surface area contributed by atoms with Gasteiger partial charge in [-0.2, -0.15) is 0 Å². The van der Waals surface area contributed by atoms with Gasteiger partial charge in [-0.1, -0.05) is 38.1 Å². The molecule has 4 rings (SSSR count). The van der Waals surface area contributed by atoms with Crippen LogP contribution in [0, 0.1) is 0 Å². The highest BCUT2D eigenvalue weighted by Crippen LogP contribution is 2.31. The number of hydrogen-bond acceptors (Lipinski definition) is 6. The van der Waals surface area contributed by atoms with Crippen molar-refractivity contribution in [2.75, 3.05) is 31.1 Å². The van der Waals surface area contributed by atoms with Gasteiger partial charge in [-0.05, 0) is 30.9 Å². The lowest BCUT2D eigenvalue weighted by Crippen LogP contribution is -2.49. The molecule has 1 aliphatic rings. The van der Waals surface area contributed by atoms with Crippen LogP contribution in [0.4, 0.5) is 5.82 Å². The lowest BCUT2D eigenvalue weighted by molar-refractivity contribution is -0.131. The molecule has 168 valence electrons. The van der Waals surface area contributed by atoms with Crippen LogP contribution in [-0.2, 0) is 17.6 Å². The molecule has 0 spiro atoms. The monoisotopic (exact) mass is 450 g/mol. The minimum absolute atomic E-state index is 0.111. The van der Waals surface area contributed by atoms with Gasteiger partial charge in [0.25, 0.3) is 0 Å². The second-order valence-corrected chi connectivity index (χ2v) is 9.29. The zero-order valence-electron chi connectivity index (χ0n) is 18.8. The van der Waals surface area contributed by atoms with E-state index in [0.29, 0.717) is 32.4 Å². The number of nitrogens with zero attached hydrogens (tertiary/aromatic N) is 4. The van der Waals surface area contributed by atoms with Crippen molar-refractivity contribution in [2.45, 2.75) is 46.0 Å². The first-order valence-corrected chi connectivity index (χ1v) is 12.3. The molecule has 0 radical (unpaired) electrons. The minimum atomic E-state index is 0.111. The Labute approximate surface area is 193 Å². The fourth-order valence-electron chi connectivity index (χ4n) is 4.12. The third kappa shape index (κ3) is 4.99. The Kier molecular flexibility index (Phi) is 7.15. The molecule has 3 heterocycles. The molecule has 1 fully saturated rings. The van der Waals surface area contributed by atoms with Crippen LogP contribution in [0.25, 0.3) is 10.2 Å². The fraction of sp³-hybridized carbons (Fsp3) is 0.440. The zero-order valence-corrected chi connectivity index (χ0v) is 19.7. The van der Waals surface area contributed by atoms with Crippen molar-refractivity contribution in [3.05, 3.63) is 52.7 Å². The summed E-state index contributed by atoms with van der Waals surface area (Å²) in [6.45, 7) is 7.14. The van der Waals surface area contributed by atoms with E-state index in [-0.39, 0.29) is 11.7 Å². The summed E-state index contributed by atoms with van der Waals surface area (Å²) in [7, 11) is 0. The molecule has 0 aliphatic carbocycles. The number of aryl methyl sites for hydroxylation is 2. The first kappa shape index (κ1) is 22.4. The van der Waals surface area contributed by atoms with Gasteiger partial charge in [0.1, 0.15) is 17.0 Å². The summed E-state index contributed by atoms with van der Waals surface area (Å²) in [5.41, 5.74) is 1.96. The average molecular weight is 451 g/mol. The standard InChI is InChI=1S/C25H30N4O2S/c1-3-18-8-10-19(11-9-18)22(30)6-5-7-23(31)28-12-14-29(15-13-28)24-21-16-20(4-2)32-25(21)27-17-26-24/h8-11,16-17H,3-7,12-15H2,1-2H3. The predicted molar refractivity (Wildman–Crippen MR) is 130 cm³/mol. The third-order valence-electron chi connectivity index (χ3n) is 6.12. The van der Waals surface area contributed by atoms with Gasteiger partial charge < -0.3 is 9.80 Å². The summed E-state index contributed by atoms with van der Waals surface area (Å²) >= 11 is 1.72. The Morgan fingerprint density at radius 3 is 2.41 bits per heavy atom. The van der Waals surface area contributed by atoms with Gasteiger partial charge in [0, 0.05) is 49.5 Å². The topological polar surface area (TPSA) is 66.4 Å². The first-order chi connectivity index (χ1) is 15.6. The SMILES string of the molecule is CCc1ccc(C(=O)CCCC(=O)N2CCN(c3ncnc4sc(CC)cc34)CC2)cc1. The van der Waals surface area contributed by atoms with Crippen LogP contribution < -0.4 is 4.90 Å². The van der Waals surface area contributed by atoms with Crippen molar-refractivity contribution in [3.63, 3.8) is 0 Å². The van der Waals surface area contributed by atoms with E-state index in [1.807, 2.05) is 29.2 Å². The molecule has 1 aliphatic heterocycles. The van der Waals surface area contributed by atoms with Gasteiger partial charge >= 0.3 is 0 Å². The highest BCUT2D eigenvalue weighted by molar-refractivity contribution is 7.18. The highest BCUT2D eigenvalue weighted by Gasteiger charge is 2.23. The number of fused-ring (bicyclic) bond motifs is 1. The molecule has 0 atom stereocenters. The van der Waals surface area contributed by atoms with Crippen LogP contribution in [0.15, 0.2) is 36.7 Å². The maximum atomic E-state index is 12.7. The summed E-state index contributed by atoms with van der Waals surface area (Å²) in [6, 6.07) is 9.98. The number of rotatable bonds is 8. The number of benzene rings is 1. The molecular weight excluding hydrogens is 420 g/mol. The van der Waals surface area contributed by atoms with Gasteiger partial charge in [0.05, 0.1) is 5.39 Å². The molecule has 1 saturated heterocycles. The summed E-state index contributed by atoms with van der Waals surface area (Å²) < 4.78 is 0. The summed E-state index contributed by atoms with van der Waals surface area (Å²) in [5, 5.41) is 1.11. The molecule has 6 nitrogen and oxygen atoms in total. The smallest absolute Gasteiger partial charge is 0.222 e. The molecule has 0 N–H and O–H groups in total. The van der Waals surface area contributed by atoms with E-state index >= 15 is 0 Å². The number of amides is 1. The van der Waals surface area contributed by atoms with E-state index in [2.05, 4.69) is 34.8 Å². The number of aromatic nitrogens is 2. The van der Waals surface area contributed by atoms with Gasteiger partial charge in [0.2, 0.25) is 5.91 Å². The Bertz CT molecular complexity index is 1090. The Hall–Kier alpha value is -2.80. The Morgan fingerprint density at radius 2 is 1.72 bits per heavy atom. The normalized spacial score (nSPS) is 14.2. The molecule has 0 saturated carbocycles. The summed E-state index contributed by atoms with van der Waals surface area (Å²) in [5.74, 6) is 1.22. The fourth-order valence-corrected chi connectivity index (χ4v) is 5.05. The second kappa shape index (κ2) is 10.2. The largest absolute Gasteiger partial charge is 0.352 e. The molecule has 0 unspecified atom stereocenters. The van der Waals surface area contributed by atoms with E-state index < -0.39 is 0 Å². The Morgan fingerprint density at radius 1 is 0.969 bits per heavy atom. The van der Waals surface area contributed by atoms with Crippen LogP contribution in [0.1, 0.15) is 53.9 Å². The van der Waals surface area contributed by atoms with E-state index in [0.717, 1.165) is 47.5 Å². The minimum Gasteiger partial charge on any atom is -0.352 e. The van der Waals surface area contributed by atoms with Crippen LogP contribution in [0.3, 0.4) is 0 Å². The molecule has 1 amide bonds. The number of carbonyl (C=O) groups is 2. The maximum Gasteiger partial charge on any atom is 0.222 e. The Balaban J connectivity index is 1.26. The second-order valence-electron chi connectivity index (χ2n) is 8.18. The average Bonchev–Trinajstić information content (AvgIpc) is 3.27. The molecule has 32 heavy (non-hydrogen) atoms. The number of ketones is 1. The number of piperazine rings is 1. The number of thiophene rings is 1. The van der Waals surface area contributed by atoms with Gasteiger partial charge in [0.15, 0.2) is 5.78 Å². The van der Waals surface area contributed by atoms with E-state index in [1.54, 1.807) is 17.7 Å². The van der Waals surface area contributed by atoms with Crippen molar-refractivity contribution < 1.29 is 9.59 Å². The maximum absolute atomic E-state index is 12.7. The summed E-state index contributed by atoms with van der Waals surface area (Å²) in [4.78, 5) is 40.5. The molecular formula is C25H30N4O2S. The van der Waals surface area contributed by atoms with Crippen LogP contribution in [0.5, 0.6) is 0 Å². The van der Waals surface area contributed by atoms with E-state index in [1.165, 1.54) is 10.4 Å². The summed E-state index contributed by atoms with van der Waals surface area (Å²) in [6.07, 6.45) is 5.02. The number of carbonyl (C=O) groups excluding carboxylic acids is 2. The van der Waals surface area contributed by atoms with Crippen molar-refractivity contribution in [3.8, 4) is 0 Å². The lowest BCUT2D eigenvalue weighted by Gasteiger charge is -2.35. The molecule has 3 aromatic rings. The highest BCUT2D eigenvalue weighted by atomic mass is 32.1. The zero-order chi connectivity index (χ0) is 22.5. The van der Waals surface area contributed by atoms with Crippen molar-refractivity contribution in [1.82, 2.24) is 14.9 Å². The third-order valence-corrected chi connectivity index (χ3v) is 7.31. The van der Waals surface area contributed by atoms with E-state index in [4.69, 9.17) is 0 Å². The van der Waals surface area contributed by atoms with Crippen LogP contribution >= 0.6 is 11.3 Å². The van der Waals surface area contributed by atoms with Crippen molar-refractivity contribution in [1.29, 1.82) is 0 Å². The van der Waals surface area contributed by atoms with Crippen LogP contribution in [0.2, 0.25) is 0 Å². The molecule has 0 bridgehead atoms. The number of anilines is 1. The molecule has 2 aromatic heterocycles. The predicted octanol–water partition coefficient (Wildman–Crippen LogP) is 4.52. The lowest BCUT2D eigenvalue weighted by atomic mass is 10.0. The van der Waals surface area contributed by atoms with Gasteiger partial charge in [-0.3, -0.25) is 9.59 Å². The van der Waals surface area contributed by atoms with E-state index in [9.17, 15) is 9.59 Å². The number of hydrogen-bond donors (Lipinski definition) is 0. The first-order valence-electron chi connectivity index (χ1n) is 11.5.